The second-order valence-corrected chi connectivity index (χ2v) is 12.4. The van der Waals surface area contributed by atoms with Gasteiger partial charge in [0.15, 0.2) is 16.1 Å². The van der Waals surface area contributed by atoms with Gasteiger partial charge >= 0.3 is 0 Å². The highest BCUT2D eigenvalue weighted by atomic mass is 32.2. The minimum atomic E-state index is -3.26. The Kier molecular flexibility index (Phi) is 8.44. The summed E-state index contributed by atoms with van der Waals surface area (Å²) in [5.74, 6) is -1.58. The quantitative estimate of drug-likeness (QED) is 0.432. The normalized spacial score (nSPS) is 21.1. The van der Waals surface area contributed by atoms with Crippen LogP contribution in [0.1, 0.15) is 18.1 Å². The number of rotatable bonds is 9. The molecule has 0 amide bonds. The summed E-state index contributed by atoms with van der Waals surface area (Å²) in [4.78, 5) is 4.12. The Morgan fingerprint density at radius 1 is 1.22 bits per heavy atom. The molecular weight excluding hydrogens is 524 g/mol. The van der Waals surface area contributed by atoms with E-state index in [0.29, 0.717) is 13.2 Å². The van der Waals surface area contributed by atoms with Crippen LogP contribution in [0, 0.1) is 11.6 Å². The maximum atomic E-state index is 14.7. The molecule has 0 unspecified atom stereocenters. The maximum absolute atomic E-state index is 14.7. The zero-order chi connectivity index (χ0) is 26.6. The molecule has 1 aliphatic heterocycles. The van der Waals surface area contributed by atoms with E-state index in [-0.39, 0.29) is 22.3 Å². The Labute approximate surface area is 218 Å². The number of hydrogen-bond donors (Lipinski definition) is 1. The van der Waals surface area contributed by atoms with E-state index in [1.165, 1.54) is 47.3 Å². The van der Waals surface area contributed by atoms with E-state index >= 15 is 0 Å². The molecule has 4 rings (SSSR count). The second kappa shape index (κ2) is 11.4. The average molecular weight is 552 g/mol. The largest absolute Gasteiger partial charge is 0.382 e. The van der Waals surface area contributed by atoms with Gasteiger partial charge in [-0.2, -0.15) is 5.10 Å². The van der Waals surface area contributed by atoms with Crippen molar-refractivity contribution >= 4 is 27.7 Å². The molecule has 1 saturated heterocycles. The molecule has 1 N–H and O–H groups in total. The van der Waals surface area contributed by atoms with Crippen molar-refractivity contribution in [2.45, 2.75) is 40.8 Å². The van der Waals surface area contributed by atoms with Crippen LogP contribution in [0.2, 0.25) is 0 Å². The number of thioether (sulfide) groups is 1. The van der Waals surface area contributed by atoms with Crippen molar-refractivity contribution in [1.82, 2.24) is 14.8 Å². The second-order valence-electron chi connectivity index (χ2n) is 8.78. The third kappa shape index (κ3) is 6.82. The van der Waals surface area contributed by atoms with Crippen LogP contribution in [-0.2, 0) is 31.5 Å². The van der Waals surface area contributed by atoms with Crippen LogP contribution in [0.25, 0.3) is 6.08 Å². The van der Waals surface area contributed by atoms with Gasteiger partial charge in [-0.1, -0.05) is 31.2 Å². The van der Waals surface area contributed by atoms with Crippen molar-refractivity contribution in [3.63, 3.8) is 0 Å². The fourth-order valence-corrected chi connectivity index (χ4v) is 5.89. The van der Waals surface area contributed by atoms with Crippen molar-refractivity contribution in [3.8, 4) is 0 Å². The van der Waals surface area contributed by atoms with Crippen LogP contribution in [-0.4, -0.2) is 64.5 Å². The summed E-state index contributed by atoms with van der Waals surface area (Å²) >= 11 is 1.37. The van der Waals surface area contributed by atoms with Gasteiger partial charge in [-0.25, -0.2) is 26.9 Å². The van der Waals surface area contributed by atoms with Crippen molar-refractivity contribution in [1.29, 1.82) is 0 Å². The molecule has 3 aromatic rings. The van der Waals surface area contributed by atoms with Gasteiger partial charge in [0.2, 0.25) is 0 Å². The number of halogens is 2. The van der Waals surface area contributed by atoms with Crippen molar-refractivity contribution in [3.05, 3.63) is 84.0 Å². The monoisotopic (exact) mass is 551 g/mol. The molecule has 37 heavy (non-hydrogen) atoms. The SMILES string of the molecule is C[C@@H](SC1COC(C=Cc2ccc(S(C)(=O)=O)cc2)OC1)[C@](O)(Cn1cncn1)c1ccc(F)cc1F. The third-order valence-corrected chi connectivity index (χ3v) is 8.57. The Bertz CT molecular complexity index is 1330. The number of ether oxygens (including phenoxy) is 2. The molecular formula is C25H27F2N3O5S2. The highest BCUT2D eigenvalue weighted by Crippen LogP contribution is 2.38. The molecule has 0 saturated carbocycles. The van der Waals surface area contributed by atoms with Crippen LogP contribution >= 0.6 is 11.8 Å². The van der Waals surface area contributed by atoms with Gasteiger partial charge in [-0.3, -0.25) is 0 Å². The molecule has 0 radical (unpaired) electrons. The number of hydrogen-bond acceptors (Lipinski definition) is 8. The summed E-state index contributed by atoms with van der Waals surface area (Å²) < 4.78 is 64.4. The van der Waals surface area contributed by atoms with E-state index in [2.05, 4.69) is 10.1 Å². The molecule has 12 heteroatoms. The lowest BCUT2D eigenvalue weighted by Crippen LogP contribution is -2.43. The molecule has 2 aromatic carbocycles. The van der Waals surface area contributed by atoms with E-state index in [0.717, 1.165) is 24.0 Å². The molecule has 0 spiro atoms. The summed E-state index contributed by atoms with van der Waals surface area (Å²) in [7, 11) is -3.26. The predicted molar refractivity (Wildman–Crippen MR) is 135 cm³/mol. The first-order valence-corrected chi connectivity index (χ1v) is 14.3. The fraction of sp³-hybridized carbons (Fsp3) is 0.360. The van der Waals surface area contributed by atoms with Gasteiger partial charge in [0.05, 0.1) is 29.9 Å². The molecule has 1 aliphatic rings. The molecule has 198 valence electrons. The van der Waals surface area contributed by atoms with E-state index in [4.69, 9.17) is 9.47 Å². The maximum Gasteiger partial charge on any atom is 0.177 e. The Hall–Kier alpha value is -2.64. The smallest absolute Gasteiger partial charge is 0.177 e. The number of sulfone groups is 1. The summed E-state index contributed by atoms with van der Waals surface area (Å²) in [6.07, 6.45) is 6.81. The van der Waals surface area contributed by atoms with Crippen LogP contribution < -0.4 is 0 Å². The van der Waals surface area contributed by atoms with Gasteiger partial charge in [0.1, 0.15) is 29.9 Å². The number of benzene rings is 2. The highest BCUT2D eigenvalue weighted by Gasteiger charge is 2.41. The lowest BCUT2D eigenvalue weighted by Gasteiger charge is -2.37. The van der Waals surface area contributed by atoms with Crippen molar-refractivity contribution < 1.29 is 31.8 Å². The molecule has 8 nitrogen and oxygen atoms in total. The van der Waals surface area contributed by atoms with Crippen LogP contribution in [0.3, 0.4) is 0 Å². The fourth-order valence-electron chi connectivity index (χ4n) is 3.94. The number of aliphatic hydroxyl groups is 1. The molecule has 2 heterocycles. The van der Waals surface area contributed by atoms with Crippen molar-refractivity contribution in [2.75, 3.05) is 19.5 Å². The summed E-state index contributed by atoms with van der Waals surface area (Å²) in [6.45, 7) is 2.32. The summed E-state index contributed by atoms with van der Waals surface area (Å²) in [5.41, 5.74) is -0.959. The Balaban J connectivity index is 1.39. The standard InChI is InChI=1S/C25H27F2N3O5S2/c1-17(25(31,14-30-16-28-15-29-30)22-9-6-19(26)11-23(22)27)36-20-12-34-24(35-13-20)10-5-18-3-7-21(8-4-18)37(2,32)33/h3-11,15-17,20,24,31H,12-14H2,1-2H3/t17-,20?,24?,25-/m1/s1. The zero-order valence-corrected chi connectivity index (χ0v) is 21.8. The van der Waals surface area contributed by atoms with Gasteiger partial charge in [-0.05, 0) is 29.8 Å². The Morgan fingerprint density at radius 3 is 2.51 bits per heavy atom. The van der Waals surface area contributed by atoms with Crippen LogP contribution in [0.15, 0.2) is 66.1 Å². The molecule has 2 atom stereocenters. The predicted octanol–water partition coefficient (Wildman–Crippen LogP) is 3.42. The first-order valence-electron chi connectivity index (χ1n) is 11.4. The first kappa shape index (κ1) is 27.4. The van der Waals surface area contributed by atoms with Crippen molar-refractivity contribution in [2.24, 2.45) is 0 Å². The minimum absolute atomic E-state index is 0.0373. The van der Waals surface area contributed by atoms with E-state index in [1.807, 2.05) is 0 Å². The first-order chi connectivity index (χ1) is 17.5. The van der Waals surface area contributed by atoms with Crippen LogP contribution in [0.4, 0.5) is 8.78 Å². The minimum Gasteiger partial charge on any atom is -0.382 e. The number of aromatic nitrogens is 3. The topological polar surface area (TPSA) is 104 Å². The van der Waals surface area contributed by atoms with Gasteiger partial charge in [0.25, 0.3) is 0 Å². The third-order valence-electron chi connectivity index (χ3n) is 5.98. The molecule has 1 fully saturated rings. The van der Waals surface area contributed by atoms with Gasteiger partial charge in [-0.15, -0.1) is 11.8 Å². The lowest BCUT2D eigenvalue weighted by molar-refractivity contribution is -0.146. The van der Waals surface area contributed by atoms with Crippen LogP contribution in [0.5, 0.6) is 0 Å². The summed E-state index contributed by atoms with van der Waals surface area (Å²) in [6, 6.07) is 9.57. The van der Waals surface area contributed by atoms with E-state index in [1.54, 1.807) is 31.2 Å². The average Bonchev–Trinajstić information content (AvgIpc) is 3.36. The highest BCUT2D eigenvalue weighted by molar-refractivity contribution is 8.00. The molecule has 1 aromatic heterocycles. The van der Waals surface area contributed by atoms with Gasteiger partial charge in [0, 0.05) is 23.1 Å². The number of nitrogens with zero attached hydrogens (tertiary/aromatic N) is 3. The van der Waals surface area contributed by atoms with E-state index < -0.39 is 38.6 Å². The van der Waals surface area contributed by atoms with Gasteiger partial charge < -0.3 is 14.6 Å². The zero-order valence-electron chi connectivity index (χ0n) is 20.2. The molecule has 0 bridgehead atoms. The molecule has 0 aliphatic carbocycles. The lowest BCUT2D eigenvalue weighted by atomic mass is 9.90. The Morgan fingerprint density at radius 2 is 1.92 bits per heavy atom. The van der Waals surface area contributed by atoms with E-state index in [9.17, 15) is 22.3 Å². The summed E-state index contributed by atoms with van der Waals surface area (Å²) in [5, 5.41) is 15.0.